The molecule has 0 amide bonds. The summed E-state index contributed by atoms with van der Waals surface area (Å²) in [6.45, 7) is 0.527. The molecule has 0 saturated heterocycles. The quantitative estimate of drug-likeness (QED) is 0.823. The molecule has 72 valence electrons. The molecule has 0 unspecified atom stereocenters. The maximum atomic E-state index is 9.41. The van der Waals surface area contributed by atoms with Crippen molar-refractivity contribution < 1.29 is 5.11 Å². The third-order valence-electron chi connectivity index (χ3n) is 1.90. The van der Waals surface area contributed by atoms with Gasteiger partial charge in [-0.25, -0.2) is 4.68 Å². The molecular formula is C10H9ClN2O. The van der Waals surface area contributed by atoms with Crippen LogP contribution in [0.1, 0.15) is 5.56 Å². The van der Waals surface area contributed by atoms with Crippen LogP contribution >= 0.6 is 11.6 Å². The van der Waals surface area contributed by atoms with E-state index in [1.165, 1.54) is 10.7 Å². The average Bonchev–Trinajstić information content (AvgIpc) is 2.47. The Balaban J connectivity index is 2.23. The molecule has 4 heteroatoms. The highest BCUT2D eigenvalue weighted by atomic mass is 35.5. The Morgan fingerprint density at radius 2 is 2.00 bits per heavy atom. The average molecular weight is 209 g/mol. The molecule has 3 nitrogen and oxygen atoms in total. The predicted molar refractivity (Wildman–Crippen MR) is 54.4 cm³/mol. The smallest absolute Gasteiger partial charge is 0.211 e. The third-order valence-corrected chi connectivity index (χ3v) is 2.09. The van der Waals surface area contributed by atoms with E-state index < -0.39 is 0 Å². The van der Waals surface area contributed by atoms with Crippen molar-refractivity contribution in [3.05, 3.63) is 47.1 Å². The van der Waals surface area contributed by atoms with Crippen molar-refractivity contribution in [3.63, 3.8) is 0 Å². The number of halogens is 1. The maximum absolute atomic E-state index is 9.41. The van der Waals surface area contributed by atoms with Crippen LogP contribution in [0, 0.1) is 0 Å². The predicted octanol–water partition coefficient (Wildman–Crippen LogP) is 2.29. The van der Waals surface area contributed by atoms with Gasteiger partial charge in [0.25, 0.3) is 0 Å². The lowest BCUT2D eigenvalue weighted by atomic mass is 10.2. The van der Waals surface area contributed by atoms with Crippen LogP contribution in [0.15, 0.2) is 36.4 Å². The molecule has 0 saturated carbocycles. The molecule has 14 heavy (non-hydrogen) atoms. The number of nitrogens with zero attached hydrogens (tertiary/aromatic N) is 2. The van der Waals surface area contributed by atoms with Crippen molar-refractivity contribution in [1.82, 2.24) is 9.78 Å². The van der Waals surface area contributed by atoms with E-state index in [9.17, 15) is 5.11 Å². The summed E-state index contributed by atoms with van der Waals surface area (Å²) in [4.78, 5) is 0. The largest absolute Gasteiger partial charge is 0.493 e. The Morgan fingerprint density at radius 1 is 1.29 bits per heavy atom. The van der Waals surface area contributed by atoms with E-state index in [0.29, 0.717) is 11.7 Å². The van der Waals surface area contributed by atoms with E-state index >= 15 is 0 Å². The number of hydrogen-bond donors (Lipinski definition) is 1. The summed E-state index contributed by atoms with van der Waals surface area (Å²) < 4.78 is 1.46. The summed E-state index contributed by atoms with van der Waals surface area (Å²) >= 11 is 5.64. The first kappa shape index (κ1) is 9.09. The van der Waals surface area contributed by atoms with Crippen molar-refractivity contribution in [3.8, 4) is 5.88 Å². The Bertz CT molecular complexity index is 425. The van der Waals surface area contributed by atoms with Crippen LogP contribution in [0.2, 0.25) is 5.15 Å². The fourth-order valence-corrected chi connectivity index (χ4v) is 1.44. The molecule has 0 bridgehead atoms. The fraction of sp³-hybridized carbons (Fsp3) is 0.100. The van der Waals surface area contributed by atoms with Gasteiger partial charge < -0.3 is 5.11 Å². The molecule has 1 aromatic carbocycles. The van der Waals surface area contributed by atoms with E-state index in [4.69, 9.17) is 11.6 Å². The second-order valence-electron chi connectivity index (χ2n) is 2.97. The molecule has 1 N–H and O–H groups in total. The number of hydrogen-bond acceptors (Lipinski definition) is 2. The van der Waals surface area contributed by atoms with Crippen molar-refractivity contribution in [1.29, 1.82) is 0 Å². The van der Waals surface area contributed by atoms with Gasteiger partial charge in [0.2, 0.25) is 5.88 Å². The van der Waals surface area contributed by atoms with Crippen LogP contribution in [0.5, 0.6) is 5.88 Å². The van der Waals surface area contributed by atoms with Crippen LogP contribution in [-0.2, 0) is 6.54 Å². The Hall–Kier alpha value is -1.48. The Morgan fingerprint density at radius 3 is 2.57 bits per heavy atom. The minimum absolute atomic E-state index is 0.0823. The first-order valence-electron chi connectivity index (χ1n) is 4.22. The van der Waals surface area contributed by atoms with E-state index in [2.05, 4.69) is 5.10 Å². The second kappa shape index (κ2) is 3.72. The maximum Gasteiger partial charge on any atom is 0.211 e. The third kappa shape index (κ3) is 1.88. The highest BCUT2D eigenvalue weighted by molar-refractivity contribution is 6.29. The van der Waals surface area contributed by atoms with Crippen LogP contribution in [0.4, 0.5) is 0 Å². The molecule has 0 aliphatic rings. The van der Waals surface area contributed by atoms with Gasteiger partial charge in [0.15, 0.2) is 5.15 Å². The van der Waals surface area contributed by atoms with Gasteiger partial charge in [0, 0.05) is 6.07 Å². The summed E-state index contributed by atoms with van der Waals surface area (Å²) in [5, 5.41) is 13.7. The molecule has 2 aromatic rings. The molecule has 1 heterocycles. The number of rotatable bonds is 2. The first-order chi connectivity index (χ1) is 6.75. The zero-order valence-electron chi connectivity index (χ0n) is 7.39. The van der Waals surface area contributed by atoms with Crippen LogP contribution in [-0.4, -0.2) is 14.9 Å². The van der Waals surface area contributed by atoms with E-state index in [0.717, 1.165) is 5.56 Å². The second-order valence-corrected chi connectivity index (χ2v) is 3.36. The van der Waals surface area contributed by atoms with Crippen molar-refractivity contribution in [2.45, 2.75) is 6.54 Å². The summed E-state index contributed by atoms with van der Waals surface area (Å²) in [6.07, 6.45) is 0. The molecule has 0 spiro atoms. The van der Waals surface area contributed by atoms with Crippen molar-refractivity contribution in [2.24, 2.45) is 0 Å². The molecule has 0 aliphatic carbocycles. The molecule has 0 fully saturated rings. The molecule has 0 aliphatic heterocycles. The van der Waals surface area contributed by atoms with Crippen molar-refractivity contribution in [2.75, 3.05) is 0 Å². The minimum atomic E-state index is 0.0823. The van der Waals surface area contributed by atoms with Gasteiger partial charge in [-0.05, 0) is 5.56 Å². The highest BCUT2D eigenvalue weighted by Gasteiger charge is 2.04. The monoisotopic (exact) mass is 208 g/mol. The topological polar surface area (TPSA) is 38.1 Å². The van der Waals surface area contributed by atoms with Gasteiger partial charge in [0.1, 0.15) is 0 Å². The number of aromatic nitrogens is 2. The van der Waals surface area contributed by atoms with E-state index in [-0.39, 0.29) is 5.88 Å². The summed E-state index contributed by atoms with van der Waals surface area (Å²) in [5.41, 5.74) is 1.07. The lowest BCUT2D eigenvalue weighted by molar-refractivity contribution is 0.409. The zero-order chi connectivity index (χ0) is 9.97. The zero-order valence-corrected chi connectivity index (χ0v) is 8.15. The van der Waals surface area contributed by atoms with Gasteiger partial charge in [-0.3, -0.25) is 0 Å². The molecule has 0 atom stereocenters. The minimum Gasteiger partial charge on any atom is -0.493 e. The lowest BCUT2D eigenvalue weighted by Crippen LogP contribution is -2.00. The number of aromatic hydroxyl groups is 1. The fourth-order valence-electron chi connectivity index (χ4n) is 1.25. The van der Waals surface area contributed by atoms with E-state index in [1.54, 1.807) is 0 Å². The van der Waals surface area contributed by atoms with E-state index in [1.807, 2.05) is 30.3 Å². The highest BCUT2D eigenvalue weighted by Crippen LogP contribution is 2.16. The van der Waals surface area contributed by atoms with Gasteiger partial charge in [-0.15, -0.1) is 0 Å². The van der Waals surface area contributed by atoms with Crippen LogP contribution in [0.25, 0.3) is 0 Å². The molecule has 2 rings (SSSR count). The van der Waals surface area contributed by atoms with Gasteiger partial charge >= 0.3 is 0 Å². The van der Waals surface area contributed by atoms with Crippen molar-refractivity contribution >= 4 is 11.6 Å². The lowest BCUT2D eigenvalue weighted by Gasteiger charge is -2.02. The van der Waals surface area contributed by atoms with Gasteiger partial charge in [-0.2, -0.15) is 5.10 Å². The van der Waals surface area contributed by atoms with Gasteiger partial charge in [0.05, 0.1) is 6.54 Å². The van der Waals surface area contributed by atoms with Crippen LogP contribution < -0.4 is 0 Å². The normalized spacial score (nSPS) is 10.4. The number of benzene rings is 1. The van der Waals surface area contributed by atoms with Gasteiger partial charge in [-0.1, -0.05) is 41.9 Å². The molecular weight excluding hydrogens is 200 g/mol. The molecule has 1 aromatic heterocycles. The Labute approximate surface area is 86.6 Å². The summed E-state index contributed by atoms with van der Waals surface area (Å²) in [5.74, 6) is 0.0823. The molecule has 0 radical (unpaired) electrons. The summed E-state index contributed by atoms with van der Waals surface area (Å²) in [7, 11) is 0. The van der Waals surface area contributed by atoms with Crippen LogP contribution in [0.3, 0.4) is 0 Å². The SMILES string of the molecule is Oc1cc(Cl)nn1Cc1ccccc1. The standard InChI is InChI=1S/C10H9ClN2O/c11-9-6-10(14)13(12-9)7-8-4-2-1-3-5-8/h1-6,14H,7H2. The summed E-state index contributed by atoms with van der Waals surface area (Å²) in [6, 6.07) is 11.2. The Kier molecular flexibility index (Phi) is 2.41. The first-order valence-corrected chi connectivity index (χ1v) is 4.60.